The number of ether oxygens (including phenoxy) is 1. The van der Waals surface area contributed by atoms with Gasteiger partial charge in [-0.2, -0.15) is 0 Å². The lowest BCUT2D eigenvalue weighted by molar-refractivity contribution is -0.128. The number of hydrogen-bond donors (Lipinski definition) is 3. The van der Waals surface area contributed by atoms with Crippen LogP contribution in [0.1, 0.15) is 51.2 Å². The minimum atomic E-state index is -0.524. The molecule has 0 radical (unpaired) electrons. The zero-order chi connectivity index (χ0) is 20.3. The lowest BCUT2D eigenvalue weighted by atomic mass is 9.92. The van der Waals surface area contributed by atoms with Crippen LogP contribution < -0.4 is 20.7 Å². The molecule has 6 heteroatoms. The molecule has 6 nitrogen and oxygen atoms in total. The number of carbonyl (C=O) groups excluding carboxylic acids is 1. The Balaban J connectivity index is 2.65. The fraction of sp³-hybridized carbons (Fsp3) is 0.619. The first kappa shape index (κ1) is 22.8. The number of rotatable bonds is 10. The fourth-order valence-electron chi connectivity index (χ4n) is 2.60. The van der Waals surface area contributed by atoms with E-state index in [1.54, 1.807) is 14.1 Å². The molecule has 1 aromatic carbocycles. The number of amides is 1. The van der Waals surface area contributed by atoms with Crippen LogP contribution in [-0.4, -0.2) is 39.1 Å². The normalized spacial score (nSPS) is 11.9. The average molecular weight is 377 g/mol. The van der Waals surface area contributed by atoms with Gasteiger partial charge in [0.1, 0.15) is 5.75 Å². The third-order valence-electron chi connectivity index (χ3n) is 4.44. The number of aliphatic imine (C=N–C) groups is 1. The zero-order valence-corrected chi connectivity index (χ0v) is 17.7. The van der Waals surface area contributed by atoms with Gasteiger partial charge in [0, 0.05) is 32.7 Å². The maximum absolute atomic E-state index is 11.9. The number of aryl methyl sites for hydroxylation is 1. The van der Waals surface area contributed by atoms with Crippen molar-refractivity contribution >= 4 is 11.9 Å². The minimum Gasteiger partial charge on any atom is -0.493 e. The summed E-state index contributed by atoms with van der Waals surface area (Å²) >= 11 is 0. The molecule has 1 rings (SSSR count). The van der Waals surface area contributed by atoms with Crippen LogP contribution in [0.15, 0.2) is 23.2 Å². The van der Waals surface area contributed by atoms with Gasteiger partial charge >= 0.3 is 0 Å². The van der Waals surface area contributed by atoms with E-state index in [2.05, 4.69) is 53.0 Å². The molecule has 0 saturated heterocycles. The van der Waals surface area contributed by atoms with Crippen LogP contribution in [0.2, 0.25) is 0 Å². The van der Waals surface area contributed by atoms with Crippen LogP contribution >= 0.6 is 0 Å². The Morgan fingerprint density at radius 2 is 1.96 bits per heavy atom. The molecular formula is C21H36N4O2. The van der Waals surface area contributed by atoms with Crippen molar-refractivity contribution in [3.05, 3.63) is 29.3 Å². The SMILES string of the molecule is CCCCCOc1cc(C)ccc1CNC(=NC)NCC(C)(C)C(=O)NC. The Morgan fingerprint density at radius 3 is 2.59 bits per heavy atom. The van der Waals surface area contributed by atoms with Gasteiger partial charge < -0.3 is 20.7 Å². The molecule has 3 N–H and O–H groups in total. The van der Waals surface area contributed by atoms with E-state index in [1.165, 1.54) is 18.4 Å². The molecule has 0 unspecified atom stereocenters. The zero-order valence-electron chi connectivity index (χ0n) is 17.7. The molecule has 0 fully saturated rings. The van der Waals surface area contributed by atoms with Gasteiger partial charge in [0.05, 0.1) is 12.0 Å². The average Bonchev–Trinajstić information content (AvgIpc) is 2.65. The van der Waals surface area contributed by atoms with E-state index in [-0.39, 0.29) is 5.91 Å². The second-order valence-corrected chi connectivity index (χ2v) is 7.41. The van der Waals surface area contributed by atoms with Gasteiger partial charge in [0.15, 0.2) is 5.96 Å². The summed E-state index contributed by atoms with van der Waals surface area (Å²) in [6, 6.07) is 6.24. The molecule has 0 spiro atoms. The third kappa shape index (κ3) is 7.89. The molecule has 0 aliphatic carbocycles. The predicted molar refractivity (Wildman–Crippen MR) is 112 cm³/mol. The Kier molecular flexibility index (Phi) is 9.68. The molecule has 0 saturated carbocycles. The van der Waals surface area contributed by atoms with E-state index in [0.29, 0.717) is 19.0 Å². The first-order chi connectivity index (χ1) is 12.8. The first-order valence-corrected chi connectivity index (χ1v) is 9.73. The van der Waals surface area contributed by atoms with E-state index in [4.69, 9.17) is 4.74 Å². The highest BCUT2D eigenvalue weighted by atomic mass is 16.5. The van der Waals surface area contributed by atoms with Crippen molar-refractivity contribution in [1.82, 2.24) is 16.0 Å². The van der Waals surface area contributed by atoms with Crippen molar-refractivity contribution in [3.63, 3.8) is 0 Å². The van der Waals surface area contributed by atoms with Gasteiger partial charge in [0.2, 0.25) is 5.91 Å². The largest absolute Gasteiger partial charge is 0.493 e. The van der Waals surface area contributed by atoms with Crippen molar-refractivity contribution in [2.45, 2.75) is 53.5 Å². The lowest BCUT2D eigenvalue weighted by Crippen LogP contribution is -2.47. The quantitative estimate of drug-likeness (QED) is 0.333. The Labute approximate surface area is 164 Å². The summed E-state index contributed by atoms with van der Waals surface area (Å²) in [6.45, 7) is 9.87. The highest BCUT2D eigenvalue weighted by Crippen LogP contribution is 2.21. The Bertz CT molecular complexity index is 627. The summed E-state index contributed by atoms with van der Waals surface area (Å²) < 4.78 is 5.99. The maximum Gasteiger partial charge on any atom is 0.227 e. The van der Waals surface area contributed by atoms with Crippen LogP contribution in [0.3, 0.4) is 0 Å². The number of guanidine groups is 1. The van der Waals surface area contributed by atoms with E-state index in [9.17, 15) is 4.79 Å². The molecule has 1 amide bonds. The second-order valence-electron chi connectivity index (χ2n) is 7.41. The number of benzene rings is 1. The minimum absolute atomic E-state index is 0.00764. The summed E-state index contributed by atoms with van der Waals surface area (Å²) in [4.78, 5) is 16.2. The molecule has 1 aromatic rings. The molecule has 27 heavy (non-hydrogen) atoms. The molecule has 0 bridgehead atoms. The van der Waals surface area contributed by atoms with Gasteiger partial charge in [-0.05, 0) is 38.8 Å². The number of nitrogens with zero attached hydrogens (tertiary/aromatic N) is 1. The molecule has 0 aromatic heterocycles. The van der Waals surface area contributed by atoms with Crippen molar-refractivity contribution in [1.29, 1.82) is 0 Å². The van der Waals surface area contributed by atoms with Crippen molar-refractivity contribution in [2.75, 3.05) is 27.2 Å². The summed E-state index contributed by atoms with van der Waals surface area (Å²) in [5.41, 5.74) is 1.74. The fourth-order valence-corrected chi connectivity index (χ4v) is 2.60. The number of nitrogens with one attached hydrogen (secondary N) is 3. The third-order valence-corrected chi connectivity index (χ3v) is 4.44. The predicted octanol–water partition coefficient (Wildman–Crippen LogP) is 3.00. The Hall–Kier alpha value is -2.24. The van der Waals surface area contributed by atoms with Gasteiger partial charge in [0.25, 0.3) is 0 Å². The smallest absolute Gasteiger partial charge is 0.227 e. The number of hydrogen-bond acceptors (Lipinski definition) is 3. The molecular weight excluding hydrogens is 340 g/mol. The highest BCUT2D eigenvalue weighted by Gasteiger charge is 2.26. The van der Waals surface area contributed by atoms with Crippen LogP contribution in [0, 0.1) is 12.3 Å². The summed E-state index contributed by atoms with van der Waals surface area (Å²) in [6.07, 6.45) is 3.42. The number of unbranched alkanes of at least 4 members (excludes halogenated alkanes) is 2. The molecule has 0 heterocycles. The molecule has 0 aliphatic heterocycles. The Morgan fingerprint density at radius 1 is 1.22 bits per heavy atom. The number of carbonyl (C=O) groups is 1. The topological polar surface area (TPSA) is 74.8 Å². The van der Waals surface area contributed by atoms with Crippen LogP contribution in [0.4, 0.5) is 0 Å². The van der Waals surface area contributed by atoms with Gasteiger partial charge in [-0.15, -0.1) is 0 Å². The summed E-state index contributed by atoms with van der Waals surface area (Å²) in [5, 5.41) is 9.22. The summed E-state index contributed by atoms with van der Waals surface area (Å²) in [7, 11) is 3.37. The van der Waals surface area contributed by atoms with E-state index >= 15 is 0 Å². The molecule has 0 atom stereocenters. The monoisotopic (exact) mass is 376 g/mol. The second kappa shape index (κ2) is 11.5. The van der Waals surface area contributed by atoms with E-state index in [1.807, 2.05) is 13.8 Å². The molecule has 0 aliphatic rings. The van der Waals surface area contributed by atoms with Gasteiger partial charge in [-0.1, -0.05) is 31.9 Å². The van der Waals surface area contributed by atoms with Crippen LogP contribution in [0.25, 0.3) is 0 Å². The van der Waals surface area contributed by atoms with Crippen molar-refractivity contribution < 1.29 is 9.53 Å². The van der Waals surface area contributed by atoms with Crippen LogP contribution in [-0.2, 0) is 11.3 Å². The van der Waals surface area contributed by atoms with E-state index < -0.39 is 5.41 Å². The van der Waals surface area contributed by atoms with E-state index in [0.717, 1.165) is 24.3 Å². The molecule has 152 valence electrons. The lowest BCUT2D eigenvalue weighted by Gasteiger charge is -2.24. The van der Waals surface area contributed by atoms with Crippen LogP contribution in [0.5, 0.6) is 5.75 Å². The standard InChI is InChI=1S/C21H36N4O2/c1-7-8-9-12-27-18-13-16(2)10-11-17(18)14-24-20(23-6)25-15-21(3,4)19(26)22-5/h10-11,13H,7-9,12,14-15H2,1-6H3,(H,22,26)(H2,23,24,25). The highest BCUT2D eigenvalue weighted by molar-refractivity contribution is 5.84. The van der Waals surface area contributed by atoms with Gasteiger partial charge in [-0.25, -0.2) is 0 Å². The first-order valence-electron chi connectivity index (χ1n) is 9.73. The van der Waals surface area contributed by atoms with Crippen molar-refractivity contribution in [3.8, 4) is 5.75 Å². The van der Waals surface area contributed by atoms with Crippen molar-refractivity contribution in [2.24, 2.45) is 10.4 Å². The van der Waals surface area contributed by atoms with Gasteiger partial charge in [-0.3, -0.25) is 9.79 Å². The summed E-state index contributed by atoms with van der Waals surface area (Å²) in [5.74, 6) is 1.57. The maximum atomic E-state index is 11.9.